The van der Waals surface area contributed by atoms with E-state index in [1.165, 1.54) is 27.8 Å². The molecule has 7 aromatic rings. The predicted molar refractivity (Wildman–Crippen MR) is 197 cm³/mol. The Balaban J connectivity index is 1.16. The fourth-order valence-corrected chi connectivity index (χ4v) is 7.48. The van der Waals surface area contributed by atoms with Crippen molar-refractivity contribution in [1.82, 2.24) is 24.3 Å². The van der Waals surface area contributed by atoms with Gasteiger partial charge in [0, 0.05) is 24.9 Å². The molecular formula is C42H39N5OS. The van der Waals surface area contributed by atoms with Crippen LogP contribution in [-0.4, -0.2) is 31.4 Å². The van der Waals surface area contributed by atoms with Crippen LogP contribution in [0.25, 0.3) is 0 Å². The van der Waals surface area contributed by atoms with Gasteiger partial charge in [-0.15, -0.1) is 10.2 Å². The molecule has 0 aliphatic rings. The minimum Gasteiger partial charge on any atom is -0.497 e. The Hall–Kier alpha value is -5.40. The molecule has 0 radical (unpaired) electrons. The van der Waals surface area contributed by atoms with E-state index in [-0.39, 0.29) is 0 Å². The van der Waals surface area contributed by atoms with Crippen LogP contribution < -0.4 is 4.74 Å². The molecule has 0 aliphatic carbocycles. The topological polar surface area (TPSA) is 57.8 Å². The fourth-order valence-electron chi connectivity index (χ4n) is 6.55. The van der Waals surface area contributed by atoms with E-state index in [9.17, 15) is 0 Å². The summed E-state index contributed by atoms with van der Waals surface area (Å²) < 4.78 is 10.0. The van der Waals surface area contributed by atoms with Gasteiger partial charge in [-0.1, -0.05) is 145 Å². The lowest BCUT2D eigenvalue weighted by Gasteiger charge is -2.37. The summed E-state index contributed by atoms with van der Waals surface area (Å²) in [6, 6.07) is 50.9. The first-order valence-corrected chi connectivity index (χ1v) is 17.6. The Bertz CT molecular complexity index is 1960. The van der Waals surface area contributed by atoms with Crippen molar-refractivity contribution >= 4 is 11.8 Å². The smallest absolute Gasteiger partial charge is 0.191 e. The Kier molecular flexibility index (Phi) is 9.99. The fraction of sp³-hybridized carbons (Fsp3) is 0.167. The molecule has 0 N–H and O–H groups in total. The third-order valence-electron chi connectivity index (χ3n) is 8.91. The summed E-state index contributed by atoms with van der Waals surface area (Å²) in [6.07, 6.45) is 6.68. The molecular weight excluding hydrogens is 623 g/mol. The zero-order chi connectivity index (χ0) is 33.3. The molecule has 0 saturated heterocycles. The molecule has 2 heterocycles. The van der Waals surface area contributed by atoms with Gasteiger partial charge in [0.1, 0.15) is 17.1 Å². The maximum absolute atomic E-state index is 5.44. The average molecular weight is 662 g/mol. The molecule has 5 aromatic carbocycles. The lowest BCUT2D eigenvalue weighted by molar-refractivity contribution is 0.414. The number of methoxy groups -OCH3 is 1. The molecule has 49 heavy (non-hydrogen) atoms. The van der Waals surface area contributed by atoms with E-state index < -0.39 is 5.54 Å². The Labute approximate surface area is 292 Å². The normalized spacial score (nSPS) is 11.4. The Morgan fingerprint density at radius 3 is 1.88 bits per heavy atom. The zero-order valence-corrected chi connectivity index (χ0v) is 28.4. The van der Waals surface area contributed by atoms with Crippen LogP contribution in [-0.2, 0) is 30.7 Å². The number of nitrogens with zero attached hydrogens (tertiary/aromatic N) is 5. The Morgan fingerprint density at radius 1 is 0.673 bits per heavy atom. The van der Waals surface area contributed by atoms with E-state index in [2.05, 4.69) is 153 Å². The number of aryl methyl sites for hydroxylation is 1. The summed E-state index contributed by atoms with van der Waals surface area (Å²) in [5.41, 5.74) is 6.44. The first kappa shape index (κ1) is 32.2. The molecule has 0 aliphatic heterocycles. The molecule has 0 bridgehead atoms. The number of hydrogen-bond acceptors (Lipinski definition) is 5. The van der Waals surface area contributed by atoms with Gasteiger partial charge in [0.15, 0.2) is 5.16 Å². The summed E-state index contributed by atoms with van der Waals surface area (Å²) in [5, 5.41) is 10.3. The van der Waals surface area contributed by atoms with Gasteiger partial charge in [-0.05, 0) is 52.8 Å². The van der Waals surface area contributed by atoms with E-state index in [1.807, 2.05) is 24.5 Å². The van der Waals surface area contributed by atoms with Crippen molar-refractivity contribution in [3.8, 4) is 5.75 Å². The van der Waals surface area contributed by atoms with Gasteiger partial charge in [-0.25, -0.2) is 4.98 Å². The van der Waals surface area contributed by atoms with E-state index in [4.69, 9.17) is 9.72 Å². The van der Waals surface area contributed by atoms with Gasteiger partial charge in [0.05, 0.1) is 19.1 Å². The molecule has 7 heteroatoms. The summed E-state index contributed by atoms with van der Waals surface area (Å²) >= 11 is 1.71. The van der Waals surface area contributed by atoms with Gasteiger partial charge < -0.3 is 13.9 Å². The molecule has 244 valence electrons. The van der Waals surface area contributed by atoms with Gasteiger partial charge in [0.25, 0.3) is 0 Å². The highest BCUT2D eigenvalue weighted by atomic mass is 32.2. The predicted octanol–water partition coefficient (Wildman–Crippen LogP) is 8.84. The molecule has 6 nitrogen and oxygen atoms in total. The monoisotopic (exact) mass is 661 g/mol. The van der Waals surface area contributed by atoms with Gasteiger partial charge >= 0.3 is 0 Å². The van der Waals surface area contributed by atoms with E-state index >= 15 is 0 Å². The highest BCUT2D eigenvalue weighted by Gasteiger charge is 2.38. The van der Waals surface area contributed by atoms with Crippen LogP contribution in [0.15, 0.2) is 163 Å². The quantitative estimate of drug-likeness (QED) is 0.0861. The van der Waals surface area contributed by atoms with Crippen molar-refractivity contribution in [2.45, 2.75) is 42.3 Å². The van der Waals surface area contributed by atoms with Crippen molar-refractivity contribution in [1.29, 1.82) is 0 Å². The lowest BCUT2D eigenvalue weighted by Crippen LogP contribution is -2.36. The van der Waals surface area contributed by atoms with Crippen molar-refractivity contribution in [2.24, 2.45) is 0 Å². The average Bonchev–Trinajstić information content (AvgIpc) is 3.80. The third kappa shape index (κ3) is 7.08. The van der Waals surface area contributed by atoms with Crippen LogP contribution in [0.4, 0.5) is 0 Å². The van der Waals surface area contributed by atoms with Crippen LogP contribution in [0.1, 0.15) is 45.8 Å². The second-order valence-electron chi connectivity index (χ2n) is 12.0. The lowest BCUT2D eigenvalue weighted by atomic mass is 9.77. The number of hydrogen-bond donors (Lipinski definition) is 0. The first-order chi connectivity index (χ1) is 24.2. The van der Waals surface area contributed by atoms with E-state index in [1.54, 1.807) is 18.9 Å². The Morgan fingerprint density at radius 2 is 1.27 bits per heavy atom. The number of rotatable bonds is 14. The number of ether oxygens (including phenoxy) is 1. The summed E-state index contributed by atoms with van der Waals surface area (Å²) in [7, 11) is 1.70. The summed E-state index contributed by atoms with van der Waals surface area (Å²) in [4.78, 5) is 4.99. The van der Waals surface area contributed by atoms with Crippen LogP contribution in [0, 0.1) is 0 Å². The SMILES string of the molecule is COc1cccc(CSc2nnc(Cc3ccccc3)n2CCCc2cn(C(c3ccccc3)(c3ccccc3)c3ccccc3)cn2)c1. The highest BCUT2D eigenvalue weighted by Crippen LogP contribution is 2.40. The molecule has 0 amide bonds. The van der Waals surface area contributed by atoms with Crippen LogP contribution in [0.5, 0.6) is 5.75 Å². The van der Waals surface area contributed by atoms with Crippen LogP contribution in [0.2, 0.25) is 0 Å². The van der Waals surface area contributed by atoms with Gasteiger partial charge in [-0.3, -0.25) is 0 Å². The van der Waals surface area contributed by atoms with E-state index in [0.29, 0.717) is 0 Å². The maximum Gasteiger partial charge on any atom is 0.191 e. The highest BCUT2D eigenvalue weighted by molar-refractivity contribution is 7.98. The summed E-state index contributed by atoms with van der Waals surface area (Å²) in [6.45, 7) is 0.795. The largest absolute Gasteiger partial charge is 0.497 e. The number of imidazole rings is 1. The minimum absolute atomic E-state index is 0.573. The molecule has 2 aromatic heterocycles. The summed E-state index contributed by atoms with van der Waals surface area (Å²) in [5.74, 6) is 2.62. The second kappa shape index (κ2) is 15.2. The van der Waals surface area contributed by atoms with Gasteiger partial charge in [0.2, 0.25) is 0 Å². The van der Waals surface area contributed by atoms with Crippen molar-refractivity contribution in [2.75, 3.05) is 7.11 Å². The van der Waals surface area contributed by atoms with Crippen LogP contribution >= 0.6 is 11.8 Å². The third-order valence-corrected chi connectivity index (χ3v) is 9.95. The standard InChI is InChI=1S/C42H39N5OS/c1-48-39-26-14-18-34(28-39)31-49-41-45-44-40(29-33-16-6-2-7-17-33)47(41)27-15-25-38-30-46(32-43-38)42(35-19-8-3-9-20-35,36-21-10-4-11-22-36)37-23-12-5-13-24-37/h2-14,16-24,26,28,30,32H,15,25,27,29,31H2,1H3. The van der Waals surface area contributed by atoms with Gasteiger partial charge in [-0.2, -0.15) is 0 Å². The maximum atomic E-state index is 5.44. The molecule has 0 saturated carbocycles. The second-order valence-corrected chi connectivity index (χ2v) is 13.0. The molecule has 0 unspecified atom stereocenters. The molecule has 0 atom stereocenters. The number of aromatic nitrogens is 5. The first-order valence-electron chi connectivity index (χ1n) is 16.7. The van der Waals surface area contributed by atoms with Crippen LogP contribution in [0.3, 0.4) is 0 Å². The zero-order valence-electron chi connectivity index (χ0n) is 27.6. The van der Waals surface area contributed by atoms with Crippen molar-refractivity contribution in [3.63, 3.8) is 0 Å². The van der Waals surface area contributed by atoms with Crippen molar-refractivity contribution < 1.29 is 4.74 Å². The van der Waals surface area contributed by atoms with E-state index in [0.717, 1.165) is 54.0 Å². The minimum atomic E-state index is -0.573. The van der Waals surface area contributed by atoms with Crippen molar-refractivity contribution in [3.05, 3.63) is 197 Å². The molecule has 7 rings (SSSR count). The molecule has 0 spiro atoms. The number of thioether (sulfide) groups is 1. The number of benzene rings is 5. The molecule has 0 fully saturated rings.